The molecule has 1 fully saturated rings. The Morgan fingerprint density at radius 1 is 1.32 bits per heavy atom. The van der Waals surface area contributed by atoms with E-state index in [2.05, 4.69) is 15.4 Å². The maximum atomic E-state index is 12.4. The summed E-state index contributed by atoms with van der Waals surface area (Å²) in [5.41, 5.74) is 3.34. The van der Waals surface area contributed by atoms with Gasteiger partial charge in [0.25, 0.3) is 5.56 Å². The summed E-state index contributed by atoms with van der Waals surface area (Å²) in [6.07, 6.45) is 3.56. The van der Waals surface area contributed by atoms with Crippen LogP contribution in [0.2, 0.25) is 0 Å². The Morgan fingerprint density at radius 3 is 2.96 bits per heavy atom. The first-order chi connectivity index (χ1) is 12.3. The van der Waals surface area contributed by atoms with Gasteiger partial charge in [0.15, 0.2) is 0 Å². The summed E-state index contributed by atoms with van der Waals surface area (Å²) < 4.78 is 10.9. The third-order valence-corrected chi connectivity index (χ3v) is 4.68. The Kier molecular flexibility index (Phi) is 4.31. The highest BCUT2D eigenvalue weighted by atomic mass is 16.5. The van der Waals surface area contributed by atoms with Crippen LogP contribution in [0.4, 0.5) is 5.69 Å². The van der Waals surface area contributed by atoms with E-state index in [1.165, 1.54) is 0 Å². The molecule has 0 bridgehead atoms. The SMILES string of the molecule is COc1cc(C=NN2CCOCC2)cc2[nH]c(=O)c3c(c12)NCCC3. The average Bonchev–Trinajstić information content (AvgIpc) is 2.66. The van der Waals surface area contributed by atoms with E-state index in [1.54, 1.807) is 13.3 Å². The van der Waals surface area contributed by atoms with Crippen LogP contribution in [0.1, 0.15) is 17.5 Å². The number of ether oxygens (including phenoxy) is 2. The molecule has 0 spiro atoms. The predicted octanol–water partition coefficient (Wildman–Crippen LogP) is 1.56. The summed E-state index contributed by atoms with van der Waals surface area (Å²) in [4.78, 5) is 15.4. The van der Waals surface area contributed by atoms with E-state index in [0.29, 0.717) is 13.2 Å². The van der Waals surface area contributed by atoms with Crippen molar-refractivity contribution in [2.45, 2.75) is 12.8 Å². The van der Waals surface area contributed by atoms with Crippen molar-refractivity contribution in [3.05, 3.63) is 33.6 Å². The number of H-pyrrole nitrogens is 1. The van der Waals surface area contributed by atoms with Crippen molar-refractivity contribution >= 4 is 22.8 Å². The van der Waals surface area contributed by atoms with E-state index >= 15 is 0 Å². The minimum Gasteiger partial charge on any atom is -0.496 e. The second-order valence-electron chi connectivity index (χ2n) is 6.29. The number of pyridine rings is 1. The summed E-state index contributed by atoms with van der Waals surface area (Å²) >= 11 is 0. The van der Waals surface area contributed by atoms with Gasteiger partial charge >= 0.3 is 0 Å². The van der Waals surface area contributed by atoms with Crippen molar-refractivity contribution in [1.82, 2.24) is 9.99 Å². The molecule has 25 heavy (non-hydrogen) atoms. The summed E-state index contributed by atoms with van der Waals surface area (Å²) in [6, 6.07) is 3.90. The smallest absolute Gasteiger partial charge is 0.253 e. The molecule has 2 aliphatic heterocycles. The number of hydrazone groups is 1. The summed E-state index contributed by atoms with van der Waals surface area (Å²) in [5.74, 6) is 0.739. The van der Waals surface area contributed by atoms with Crippen LogP contribution in [0.5, 0.6) is 5.75 Å². The van der Waals surface area contributed by atoms with Crippen LogP contribution in [-0.2, 0) is 11.2 Å². The van der Waals surface area contributed by atoms with Crippen molar-refractivity contribution < 1.29 is 9.47 Å². The number of methoxy groups -OCH3 is 1. The highest BCUT2D eigenvalue weighted by Gasteiger charge is 2.19. The monoisotopic (exact) mass is 342 g/mol. The quantitative estimate of drug-likeness (QED) is 0.828. The number of rotatable bonds is 3. The molecular weight excluding hydrogens is 320 g/mol. The average molecular weight is 342 g/mol. The van der Waals surface area contributed by atoms with Crippen molar-refractivity contribution in [1.29, 1.82) is 0 Å². The molecule has 132 valence electrons. The minimum absolute atomic E-state index is 0.0287. The first-order valence-corrected chi connectivity index (χ1v) is 8.63. The molecule has 2 aromatic rings. The number of nitrogens with zero attached hydrogens (tertiary/aromatic N) is 2. The van der Waals surface area contributed by atoms with Gasteiger partial charge in [-0.15, -0.1) is 0 Å². The zero-order chi connectivity index (χ0) is 17.2. The number of hydrogen-bond acceptors (Lipinski definition) is 6. The third kappa shape index (κ3) is 3.07. The molecule has 1 aromatic heterocycles. The largest absolute Gasteiger partial charge is 0.496 e. The fourth-order valence-electron chi connectivity index (χ4n) is 3.42. The van der Waals surface area contributed by atoms with Crippen molar-refractivity contribution in [3.8, 4) is 5.75 Å². The van der Waals surface area contributed by atoms with Gasteiger partial charge < -0.3 is 19.8 Å². The van der Waals surface area contributed by atoms with Crippen LogP contribution in [0.25, 0.3) is 10.9 Å². The lowest BCUT2D eigenvalue weighted by Gasteiger charge is -2.23. The molecule has 2 N–H and O–H groups in total. The lowest BCUT2D eigenvalue weighted by atomic mass is 10.00. The van der Waals surface area contributed by atoms with E-state index in [4.69, 9.17) is 9.47 Å². The second-order valence-corrected chi connectivity index (χ2v) is 6.29. The number of hydrogen-bond donors (Lipinski definition) is 2. The number of aromatic nitrogens is 1. The van der Waals surface area contributed by atoms with E-state index in [0.717, 1.165) is 65.9 Å². The lowest BCUT2D eigenvalue weighted by molar-refractivity contribution is 0.0397. The molecular formula is C18H22N4O3. The van der Waals surface area contributed by atoms with Crippen LogP contribution in [-0.4, -0.2) is 56.2 Å². The van der Waals surface area contributed by atoms with E-state index in [9.17, 15) is 4.79 Å². The maximum absolute atomic E-state index is 12.4. The van der Waals surface area contributed by atoms with Gasteiger partial charge in [0.1, 0.15) is 5.75 Å². The summed E-state index contributed by atoms with van der Waals surface area (Å²) in [7, 11) is 1.65. The van der Waals surface area contributed by atoms with Crippen LogP contribution < -0.4 is 15.6 Å². The van der Waals surface area contributed by atoms with Gasteiger partial charge in [-0.1, -0.05) is 0 Å². The first-order valence-electron chi connectivity index (χ1n) is 8.63. The van der Waals surface area contributed by atoms with E-state index in [-0.39, 0.29) is 5.56 Å². The van der Waals surface area contributed by atoms with Crippen molar-refractivity contribution in [3.63, 3.8) is 0 Å². The molecule has 0 unspecified atom stereocenters. The second kappa shape index (κ2) is 6.76. The molecule has 1 saturated heterocycles. The predicted molar refractivity (Wildman–Crippen MR) is 97.9 cm³/mol. The fraction of sp³-hybridized carbons (Fsp3) is 0.444. The standard InChI is InChI=1S/C18H22N4O3/c1-24-15-10-12(11-20-22-5-7-25-8-6-22)9-14-16(15)17-13(18(23)21-14)3-2-4-19-17/h9-11,19H,2-8H2,1H3,(H,21,23). The zero-order valence-corrected chi connectivity index (χ0v) is 14.3. The number of nitrogens with one attached hydrogen (secondary N) is 2. The number of morpholine rings is 1. The number of anilines is 1. The maximum Gasteiger partial charge on any atom is 0.253 e. The molecule has 2 aliphatic rings. The highest BCUT2D eigenvalue weighted by molar-refractivity contribution is 6.01. The molecule has 0 radical (unpaired) electrons. The Hall–Kier alpha value is -2.54. The molecule has 0 atom stereocenters. The Morgan fingerprint density at radius 2 is 2.16 bits per heavy atom. The Bertz CT molecular complexity index is 869. The summed E-state index contributed by atoms with van der Waals surface area (Å²) in [6.45, 7) is 3.84. The van der Waals surface area contributed by atoms with Crippen LogP contribution in [0.3, 0.4) is 0 Å². The number of benzene rings is 1. The number of aromatic amines is 1. The van der Waals surface area contributed by atoms with Gasteiger partial charge in [-0.3, -0.25) is 9.80 Å². The van der Waals surface area contributed by atoms with Gasteiger partial charge in [0.05, 0.1) is 56.2 Å². The molecule has 7 heteroatoms. The van der Waals surface area contributed by atoms with Gasteiger partial charge in [0, 0.05) is 17.7 Å². The van der Waals surface area contributed by atoms with E-state index < -0.39 is 0 Å². The Balaban J connectivity index is 1.78. The molecule has 4 rings (SSSR count). The minimum atomic E-state index is -0.0287. The molecule has 0 amide bonds. The molecule has 0 aliphatic carbocycles. The third-order valence-electron chi connectivity index (χ3n) is 4.68. The van der Waals surface area contributed by atoms with Crippen molar-refractivity contribution in [2.75, 3.05) is 45.3 Å². The lowest BCUT2D eigenvalue weighted by Crippen LogP contribution is -2.32. The molecule has 1 aromatic carbocycles. The summed E-state index contributed by atoms with van der Waals surface area (Å²) in [5, 5.41) is 10.8. The van der Waals surface area contributed by atoms with E-state index in [1.807, 2.05) is 17.1 Å². The van der Waals surface area contributed by atoms with Gasteiger partial charge in [-0.2, -0.15) is 5.10 Å². The van der Waals surface area contributed by atoms with Crippen LogP contribution in [0, 0.1) is 0 Å². The molecule has 0 saturated carbocycles. The van der Waals surface area contributed by atoms with Gasteiger partial charge in [0.2, 0.25) is 0 Å². The highest BCUT2D eigenvalue weighted by Crippen LogP contribution is 2.35. The molecule has 3 heterocycles. The topological polar surface area (TPSA) is 79.0 Å². The van der Waals surface area contributed by atoms with Crippen LogP contribution >= 0.6 is 0 Å². The molecule has 7 nitrogen and oxygen atoms in total. The fourth-order valence-corrected chi connectivity index (χ4v) is 3.42. The van der Waals surface area contributed by atoms with Crippen molar-refractivity contribution in [2.24, 2.45) is 5.10 Å². The van der Waals surface area contributed by atoms with Gasteiger partial charge in [-0.25, -0.2) is 0 Å². The normalized spacial score (nSPS) is 17.6. The Labute approximate surface area is 145 Å². The van der Waals surface area contributed by atoms with Gasteiger partial charge in [-0.05, 0) is 25.0 Å². The number of fused-ring (bicyclic) bond motifs is 3. The zero-order valence-electron chi connectivity index (χ0n) is 14.3. The van der Waals surface area contributed by atoms with Crippen LogP contribution in [0.15, 0.2) is 22.0 Å². The first kappa shape index (κ1) is 16.0.